The third-order valence-corrected chi connectivity index (χ3v) is 3.46. The lowest BCUT2D eigenvalue weighted by atomic mass is 10.2. The van der Waals surface area contributed by atoms with Crippen LogP contribution in [0.25, 0.3) is 11.2 Å². The van der Waals surface area contributed by atoms with Gasteiger partial charge in [0.2, 0.25) is 5.28 Å². The zero-order chi connectivity index (χ0) is 12.7. The number of H-pyrrole nitrogens is 1. The summed E-state index contributed by atoms with van der Waals surface area (Å²) in [5.74, 6) is 1.66. The van der Waals surface area contributed by atoms with E-state index in [-0.39, 0.29) is 5.28 Å². The normalized spacial score (nSPS) is 15.6. The predicted octanol–water partition coefficient (Wildman–Crippen LogP) is 2.63. The van der Waals surface area contributed by atoms with Crippen LogP contribution in [0.1, 0.15) is 26.7 Å². The zero-order valence-electron chi connectivity index (χ0n) is 10.5. The molecule has 5 nitrogen and oxygen atoms in total. The lowest BCUT2D eigenvalue weighted by Crippen LogP contribution is -2.33. The van der Waals surface area contributed by atoms with Crippen LogP contribution in [0, 0.1) is 5.92 Å². The van der Waals surface area contributed by atoms with Gasteiger partial charge in [0, 0.05) is 12.6 Å². The molecule has 2 aromatic rings. The first-order valence-electron chi connectivity index (χ1n) is 6.28. The number of hydrogen-bond acceptors (Lipinski definition) is 4. The number of fused-ring (bicyclic) bond motifs is 1. The molecule has 18 heavy (non-hydrogen) atoms. The number of halogens is 1. The number of aromatic nitrogens is 4. The minimum atomic E-state index is 0.256. The van der Waals surface area contributed by atoms with Gasteiger partial charge in [-0.15, -0.1) is 0 Å². The lowest BCUT2D eigenvalue weighted by Gasteiger charge is -2.28. The average Bonchev–Trinajstić information content (AvgIpc) is 3.01. The van der Waals surface area contributed by atoms with Crippen molar-refractivity contribution in [3.8, 4) is 0 Å². The third-order valence-electron chi connectivity index (χ3n) is 3.29. The molecule has 1 aliphatic carbocycles. The highest BCUT2D eigenvalue weighted by atomic mass is 35.5. The topological polar surface area (TPSA) is 57.7 Å². The van der Waals surface area contributed by atoms with Gasteiger partial charge >= 0.3 is 0 Å². The Hall–Kier alpha value is -1.36. The van der Waals surface area contributed by atoms with Gasteiger partial charge in [-0.25, -0.2) is 4.98 Å². The fraction of sp³-hybridized carbons (Fsp3) is 0.583. The van der Waals surface area contributed by atoms with Crippen molar-refractivity contribution in [3.63, 3.8) is 0 Å². The van der Waals surface area contributed by atoms with Crippen LogP contribution in [0.4, 0.5) is 5.82 Å². The fourth-order valence-electron chi connectivity index (χ4n) is 2.12. The molecule has 0 radical (unpaired) electrons. The lowest BCUT2D eigenvalue weighted by molar-refractivity contribution is 0.638. The molecular weight excluding hydrogens is 250 g/mol. The summed E-state index contributed by atoms with van der Waals surface area (Å²) < 4.78 is 0. The van der Waals surface area contributed by atoms with Crippen molar-refractivity contribution in [1.29, 1.82) is 0 Å². The highest BCUT2D eigenvalue weighted by Crippen LogP contribution is 2.33. The molecule has 1 aliphatic rings. The summed E-state index contributed by atoms with van der Waals surface area (Å²) in [7, 11) is 0. The Morgan fingerprint density at radius 2 is 2.22 bits per heavy atom. The second-order valence-corrected chi connectivity index (χ2v) is 5.44. The van der Waals surface area contributed by atoms with E-state index in [1.807, 2.05) is 0 Å². The van der Waals surface area contributed by atoms with Gasteiger partial charge in [0.15, 0.2) is 11.5 Å². The van der Waals surface area contributed by atoms with Crippen molar-refractivity contribution in [2.24, 2.45) is 5.92 Å². The van der Waals surface area contributed by atoms with Crippen LogP contribution in [0.5, 0.6) is 0 Å². The van der Waals surface area contributed by atoms with E-state index in [1.54, 1.807) is 6.33 Å². The van der Waals surface area contributed by atoms with E-state index in [0.717, 1.165) is 23.8 Å². The van der Waals surface area contributed by atoms with E-state index in [2.05, 4.69) is 38.7 Å². The van der Waals surface area contributed by atoms with Crippen LogP contribution in [-0.2, 0) is 0 Å². The number of rotatable bonds is 4. The summed E-state index contributed by atoms with van der Waals surface area (Å²) >= 11 is 5.98. The first kappa shape index (κ1) is 11.7. The van der Waals surface area contributed by atoms with E-state index in [9.17, 15) is 0 Å². The molecule has 6 heteroatoms. The number of nitrogens with zero attached hydrogens (tertiary/aromatic N) is 4. The monoisotopic (exact) mass is 265 g/mol. The predicted molar refractivity (Wildman–Crippen MR) is 71.9 cm³/mol. The SMILES string of the molecule is CC(C)N(CC1CC1)c1nc(Cl)nc2nc[nH]c12. The Bertz CT molecular complexity index is 561. The molecule has 3 rings (SSSR count). The molecular formula is C12H16ClN5. The Morgan fingerprint density at radius 1 is 1.44 bits per heavy atom. The van der Waals surface area contributed by atoms with Crippen molar-refractivity contribution >= 4 is 28.6 Å². The summed E-state index contributed by atoms with van der Waals surface area (Å²) in [5.41, 5.74) is 1.50. The average molecular weight is 266 g/mol. The van der Waals surface area contributed by atoms with Crippen LogP contribution < -0.4 is 4.90 Å². The minimum absolute atomic E-state index is 0.256. The van der Waals surface area contributed by atoms with E-state index in [1.165, 1.54) is 12.8 Å². The maximum atomic E-state index is 5.98. The molecule has 1 saturated carbocycles. The summed E-state index contributed by atoms with van der Waals surface area (Å²) in [4.78, 5) is 18.1. The second-order valence-electron chi connectivity index (χ2n) is 5.11. The van der Waals surface area contributed by atoms with Gasteiger partial charge in [-0.1, -0.05) is 0 Å². The molecule has 0 unspecified atom stereocenters. The molecule has 1 fully saturated rings. The standard InChI is InChI=1S/C12H16ClN5/c1-7(2)18(5-8-3-4-8)11-9-10(15-6-14-9)16-12(13)17-11/h6-8H,3-5H2,1-2H3,(H,14,15,16,17). The molecule has 0 aromatic carbocycles. The molecule has 2 aromatic heterocycles. The van der Waals surface area contributed by atoms with Crippen LogP contribution in [0.3, 0.4) is 0 Å². The smallest absolute Gasteiger partial charge is 0.226 e. The van der Waals surface area contributed by atoms with Gasteiger partial charge in [0.25, 0.3) is 0 Å². The summed E-state index contributed by atoms with van der Waals surface area (Å²) in [5, 5.41) is 0.256. The van der Waals surface area contributed by atoms with Crippen molar-refractivity contribution in [2.75, 3.05) is 11.4 Å². The fourth-order valence-corrected chi connectivity index (χ4v) is 2.28. The van der Waals surface area contributed by atoms with E-state index >= 15 is 0 Å². The van der Waals surface area contributed by atoms with Crippen molar-refractivity contribution in [1.82, 2.24) is 19.9 Å². The number of anilines is 1. The van der Waals surface area contributed by atoms with E-state index in [4.69, 9.17) is 11.6 Å². The van der Waals surface area contributed by atoms with Crippen LogP contribution in [0.2, 0.25) is 5.28 Å². The minimum Gasteiger partial charge on any atom is -0.352 e. The van der Waals surface area contributed by atoms with Gasteiger partial charge in [-0.3, -0.25) is 0 Å². The molecule has 0 aliphatic heterocycles. The first-order valence-corrected chi connectivity index (χ1v) is 6.66. The third kappa shape index (κ3) is 2.14. The van der Waals surface area contributed by atoms with Gasteiger partial charge in [-0.05, 0) is 44.2 Å². The molecule has 96 valence electrons. The maximum absolute atomic E-state index is 5.98. The van der Waals surface area contributed by atoms with Crippen LogP contribution >= 0.6 is 11.6 Å². The second kappa shape index (κ2) is 4.39. The first-order chi connectivity index (χ1) is 8.65. The molecule has 0 saturated heterocycles. The van der Waals surface area contributed by atoms with Gasteiger partial charge in [-0.2, -0.15) is 9.97 Å². The molecule has 2 heterocycles. The quantitative estimate of drug-likeness (QED) is 0.864. The summed E-state index contributed by atoms with van der Waals surface area (Å²) in [6.45, 7) is 5.36. The van der Waals surface area contributed by atoms with Gasteiger partial charge in [0.1, 0.15) is 5.52 Å². The maximum Gasteiger partial charge on any atom is 0.226 e. The molecule has 0 amide bonds. The Morgan fingerprint density at radius 3 is 2.89 bits per heavy atom. The molecule has 0 atom stereocenters. The molecule has 0 bridgehead atoms. The van der Waals surface area contributed by atoms with Crippen LogP contribution in [0.15, 0.2) is 6.33 Å². The van der Waals surface area contributed by atoms with Crippen molar-refractivity contribution < 1.29 is 0 Å². The Kier molecular flexibility index (Phi) is 2.86. The summed E-state index contributed by atoms with van der Waals surface area (Å²) in [6.07, 6.45) is 4.26. The number of nitrogens with one attached hydrogen (secondary N) is 1. The highest BCUT2D eigenvalue weighted by Gasteiger charge is 2.27. The summed E-state index contributed by atoms with van der Waals surface area (Å²) in [6, 6.07) is 0.378. The van der Waals surface area contributed by atoms with Crippen molar-refractivity contribution in [3.05, 3.63) is 11.6 Å². The molecule has 1 N–H and O–H groups in total. The number of hydrogen-bond donors (Lipinski definition) is 1. The van der Waals surface area contributed by atoms with Crippen molar-refractivity contribution in [2.45, 2.75) is 32.7 Å². The number of imidazole rings is 1. The van der Waals surface area contributed by atoms with Gasteiger partial charge < -0.3 is 9.88 Å². The Balaban J connectivity index is 2.05. The Labute approximate surface area is 111 Å². The van der Waals surface area contributed by atoms with Crippen LogP contribution in [-0.4, -0.2) is 32.5 Å². The largest absolute Gasteiger partial charge is 0.352 e. The van der Waals surface area contributed by atoms with E-state index in [0.29, 0.717) is 11.7 Å². The number of aromatic amines is 1. The molecule has 0 spiro atoms. The van der Waals surface area contributed by atoms with Gasteiger partial charge in [0.05, 0.1) is 6.33 Å². The van der Waals surface area contributed by atoms with E-state index < -0.39 is 0 Å². The highest BCUT2D eigenvalue weighted by molar-refractivity contribution is 6.28. The zero-order valence-corrected chi connectivity index (χ0v) is 11.3.